The van der Waals surface area contributed by atoms with Crippen LogP contribution in [-0.2, 0) is 30.4 Å². The summed E-state index contributed by atoms with van der Waals surface area (Å²) in [6, 6.07) is 7.67. The molecule has 5 amide bonds. The Kier molecular flexibility index (Phi) is 10.6. The Morgan fingerprint density at radius 1 is 0.941 bits per heavy atom. The standard InChI is InChI=1S/C24H34N4O5S/c1-15(2)13-17(27-24(33)19(34)11-12-28-20(29)9-10-21(28)30)23(32)26-18(22(31)25-3)14-16-7-5-4-6-8-16/h4-8,15,17-19,34H,9-14H2,1-3H3,(H,25,31)(H,26,32)(H,27,33)/t17-,18-,19?/m0/s1. The van der Waals surface area contributed by atoms with Gasteiger partial charge in [-0.3, -0.25) is 28.9 Å². The number of nitrogens with zero attached hydrogens (tertiary/aromatic N) is 1. The van der Waals surface area contributed by atoms with Crippen molar-refractivity contribution in [3.8, 4) is 0 Å². The van der Waals surface area contributed by atoms with Crippen molar-refractivity contribution >= 4 is 42.2 Å². The average molecular weight is 491 g/mol. The van der Waals surface area contributed by atoms with E-state index in [0.29, 0.717) is 12.8 Å². The molecule has 1 heterocycles. The lowest BCUT2D eigenvalue weighted by Crippen LogP contribution is -2.55. The van der Waals surface area contributed by atoms with Crippen molar-refractivity contribution in [2.75, 3.05) is 13.6 Å². The van der Waals surface area contributed by atoms with E-state index in [1.54, 1.807) is 0 Å². The summed E-state index contributed by atoms with van der Waals surface area (Å²) in [5.74, 6) is -1.66. The molecule has 0 aromatic heterocycles. The van der Waals surface area contributed by atoms with Crippen molar-refractivity contribution in [1.29, 1.82) is 0 Å². The zero-order chi connectivity index (χ0) is 25.3. The highest BCUT2D eigenvalue weighted by Crippen LogP contribution is 2.15. The molecular weight excluding hydrogens is 456 g/mol. The molecule has 1 aromatic rings. The first-order valence-corrected chi connectivity index (χ1v) is 12.0. The van der Waals surface area contributed by atoms with Crippen LogP contribution in [0.25, 0.3) is 0 Å². The summed E-state index contributed by atoms with van der Waals surface area (Å²) in [5.41, 5.74) is 0.891. The maximum absolute atomic E-state index is 13.1. The first-order chi connectivity index (χ1) is 16.1. The van der Waals surface area contributed by atoms with E-state index in [-0.39, 0.29) is 49.4 Å². The van der Waals surface area contributed by atoms with Crippen LogP contribution in [0.15, 0.2) is 30.3 Å². The van der Waals surface area contributed by atoms with Crippen LogP contribution in [-0.4, -0.2) is 65.4 Å². The van der Waals surface area contributed by atoms with Gasteiger partial charge in [0.05, 0.1) is 5.25 Å². The molecule has 9 nitrogen and oxygen atoms in total. The predicted octanol–water partition coefficient (Wildman–Crippen LogP) is 0.828. The summed E-state index contributed by atoms with van der Waals surface area (Å²) in [6.45, 7) is 3.96. The van der Waals surface area contributed by atoms with Gasteiger partial charge in [0.15, 0.2) is 0 Å². The third-order valence-corrected chi connectivity index (χ3v) is 6.08. The van der Waals surface area contributed by atoms with E-state index < -0.39 is 29.1 Å². The van der Waals surface area contributed by atoms with E-state index in [2.05, 4.69) is 28.6 Å². The van der Waals surface area contributed by atoms with Crippen molar-refractivity contribution in [2.45, 2.75) is 63.3 Å². The minimum Gasteiger partial charge on any atom is -0.357 e. The maximum Gasteiger partial charge on any atom is 0.243 e. The molecule has 1 aromatic carbocycles. The summed E-state index contributed by atoms with van der Waals surface area (Å²) >= 11 is 4.32. The fraction of sp³-hybridized carbons (Fsp3) is 0.542. The number of imide groups is 1. The highest BCUT2D eigenvalue weighted by Gasteiger charge is 2.31. The highest BCUT2D eigenvalue weighted by atomic mass is 32.1. The summed E-state index contributed by atoms with van der Waals surface area (Å²) in [7, 11) is 1.50. The van der Waals surface area contributed by atoms with Gasteiger partial charge < -0.3 is 16.0 Å². The fourth-order valence-corrected chi connectivity index (χ4v) is 3.92. The molecule has 1 unspecified atom stereocenters. The van der Waals surface area contributed by atoms with Crippen LogP contribution in [0.5, 0.6) is 0 Å². The average Bonchev–Trinajstić information content (AvgIpc) is 3.13. The number of carbonyl (C=O) groups excluding carboxylic acids is 5. The Balaban J connectivity index is 2.02. The Bertz CT molecular complexity index is 877. The van der Waals surface area contributed by atoms with E-state index in [9.17, 15) is 24.0 Å². The van der Waals surface area contributed by atoms with Crippen molar-refractivity contribution < 1.29 is 24.0 Å². The van der Waals surface area contributed by atoms with E-state index >= 15 is 0 Å². The zero-order valence-corrected chi connectivity index (χ0v) is 20.8. The molecule has 3 N–H and O–H groups in total. The molecule has 1 fully saturated rings. The van der Waals surface area contributed by atoms with Crippen LogP contribution in [0.3, 0.4) is 0 Å². The molecule has 1 aliphatic rings. The summed E-state index contributed by atoms with van der Waals surface area (Å²) in [5, 5.41) is 7.25. The molecule has 1 aliphatic heterocycles. The first kappa shape index (κ1) is 27.4. The molecule has 1 saturated heterocycles. The lowest BCUT2D eigenvalue weighted by Gasteiger charge is -2.25. The van der Waals surface area contributed by atoms with Crippen LogP contribution in [0.1, 0.15) is 45.1 Å². The van der Waals surface area contributed by atoms with Gasteiger partial charge in [-0.1, -0.05) is 44.2 Å². The van der Waals surface area contributed by atoms with Crippen molar-refractivity contribution in [2.24, 2.45) is 5.92 Å². The number of amides is 5. The molecule has 34 heavy (non-hydrogen) atoms. The number of carbonyl (C=O) groups is 5. The second kappa shape index (κ2) is 13.1. The highest BCUT2D eigenvalue weighted by molar-refractivity contribution is 7.81. The third-order valence-electron chi connectivity index (χ3n) is 5.59. The van der Waals surface area contributed by atoms with Crippen molar-refractivity contribution in [3.05, 3.63) is 35.9 Å². The molecule has 186 valence electrons. The quantitative estimate of drug-likeness (QED) is 0.255. The Labute approximate surface area is 205 Å². The largest absolute Gasteiger partial charge is 0.357 e. The van der Waals surface area contributed by atoms with Crippen LogP contribution < -0.4 is 16.0 Å². The van der Waals surface area contributed by atoms with Gasteiger partial charge in [-0.05, 0) is 24.3 Å². The molecule has 10 heteroatoms. The van der Waals surface area contributed by atoms with E-state index in [1.165, 1.54) is 7.05 Å². The van der Waals surface area contributed by atoms with Gasteiger partial charge in [0.1, 0.15) is 12.1 Å². The van der Waals surface area contributed by atoms with Crippen LogP contribution >= 0.6 is 12.6 Å². The number of likely N-dealkylation sites (tertiary alicyclic amines) is 1. The van der Waals surface area contributed by atoms with Gasteiger partial charge in [-0.2, -0.15) is 12.6 Å². The van der Waals surface area contributed by atoms with E-state index in [0.717, 1.165) is 10.5 Å². The number of thiol groups is 1. The summed E-state index contributed by atoms with van der Waals surface area (Å²) in [4.78, 5) is 62.9. The normalized spacial score (nSPS) is 16.2. The third kappa shape index (κ3) is 8.16. The lowest BCUT2D eigenvalue weighted by atomic mass is 10.0. The summed E-state index contributed by atoms with van der Waals surface area (Å²) < 4.78 is 0. The first-order valence-electron chi connectivity index (χ1n) is 11.5. The number of rotatable bonds is 12. The van der Waals surface area contributed by atoms with Crippen LogP contribution in [0.4, 0.5) is 0 Å². The molecule has 0 saturated carbocycles. The second-order valence-electron chi connectivity index (χ2n) is 8.80. The molecule has 0 spiro atoms. The van der Waals surface area contributed by atoms with Gasteiger partial charge in [0.25, 0.3) is 0 Å². The smallest absolute Gasteiger partial charge is 0.243 e. The Hall–Kier alpha value is -2.88. The topological polar surface area (TPSA) is 125 Å². The molecule has 3 atom stereocenters. The number of nitrogens with one attached hydrogen (secondary N) is 3. The van der Waals surface area contributed by atoms with E-state index in [4.69, 9.17) is 0 Å². The molecule has 0 aliphatic carbocycles. The Morgan fingerprint density at radius 3 is 2.09 bits per heavy atom. The zero-order valence-electron chi connectivity index (χ0n) is 19.9. The monoisotopic (exact) mass is 490 g/mol. The van der Waals surface area contributed by atoms with Crippen LogP contribution in [0, 0.1) is 5.92 Å². The van der Waals surface area contributed by atoms with Gasteiger partial charge in [0, 0.05) is 32.9 Å². The van der Waals surface area contributed by atoms with Gasteiger partial charge >= 0.3 is 0 Å². The molecule has 0 radical (unpaired) electrons. The van der Waals surface area contributed by atoms with Crippen molar-refractivity contribution in [3.63, 3.8) is 0 Å². The number of hydrogen-bond donors (Lipinski definition) is 4. The minimum atomic E-state index is -0.861. The Morgan fingerprint density at radius 2 is 1.53 bits per heavy atom. The van der Waals surface area contributed by atoms with Gasteiger partial charge in [-0.25, -0.2) is 0 Å². The lowest BCUT2D eigenvalue weighted by molar-refractivity contribution is -0.138. The summed E-state index contributed by atoms with van der Waals surface area (Å²) in [6.07, 6.45) is 1.23. The molecule has 0 bridgehead atoms. The van der Waals surface area contributed by atoms with Gasteiger partial charge in [0.2, 0.25) is 29.5 Å². The molecule has 2 rings (SSSR count). The number of benzene rings is 1. The SMILES string of the molecule is CNC(=O)[C@H](Cc1ccccc1)NC(=O)[C@H](CC(C)C)NC(=O)C(S)CCN1C(=O)CCC1=O. The minimum absolute atomic E-state index is 0.0989. The van der Waals surface area contributed by atoms with Crippen molar-refractivity contribution in [1.82, 2.24) is 20.9 Å². The van der Waals surface area contributed by atoms with Crippen LogP contribution in [0.2, 0.25) is 0 Å². The fourth-order valence-electron chi connectivity index (χ4n) is 3.73. The number of likely N-dealkylation sites (N-methyl/N-ethyl adjacent to an activating group) is 1. The van der Waals surface area contributed by atoms with Gasteiger partial charge in [-0.15, -0.1) is 0 Å². The molecular formula is C24H34N4O5S. The predicted molar refractivity (Wildman–Crippen MR) is 131 cm³/mol. The number of hydrogen-bond acceptors (Lipinski definition) is 6. The van der Waals surface area contributed by atoms with E-state index in [1.807, 2.05) is 44.2 Å². The second-order valence-corrected chi connectivity index (χ2v) is 9.42. The maximum atomic E-state index is 13.1.